The summed E-state index contributed by atoms with van der Waals surface area (Å²) in [4.78, 5) is 20.3. The highest BCUT2D eigenvalue weighted by atomic mass is 35.5. The van der Waals surface area contributed by atoms with Gasteiger partial charge in [-0.1, -0.05) is 29.8 Å². The molecule has 172 valence electrons. The lowest BCUT2D eigenvalue weighted by Crippen LogP contribution is -2.15. The van der Waals surface area contributed by atoms with E-state index in [1.54, 1.807) is 36.4 Å². The van der Waals surface area contributed by atoms with Crippen molar-refractivity contribution in [1.82, 2.24) is 9.97 Å². The summed E-state index contributed by atoms with van der Waals surface area (Å²) in [5, 5.41) is 3.36. The monoisotopic (exact) mass is 494 g/mol. The van der Waals surface area contributed by atoms with Crippen molar-refractivity contribution in [3.05, 3.63) is 107 Å². The number of carbonyl (C=O) groups excluding carboxylic acids is 1. The highest BCUT2D eigenvalue weighted by Crippen LogP contribution is 2.20. The Morgan fingerprint density at radius 3 is 2.24 bits per heavy atom. The maximum atomic E-state index is 12.6. The average Bonchev–Trinajstić information content (AvgIpc) is 2.84. The number of anilines is 2. The Balaban J connectivity index is 1.35. The molecule has 8 nitrogen and oxygen atoms in total. The second-order valence-electron chi connectivity index (χ2n) is 7.06. The molecule has 2 N–H and O–H groups in total. The highest BCUT2D eigenvalue weighted by molar-refractivity contribution is 7.92. The van der Waals surface area contributed by atoms with Crippen LogP contribution in [-0.4, -0.2) is 24.3 Å². The molecule has 10 heteroatoms. The predicted molar refractivity (Wildman–Crippen MR) is 129 cm³/mol. The lowest BCUT2D eigenvalue weighted by molar-refractivity contribution is 0.102. The van der Waals surface area contributed by atoms with Crippen LogP contribution in [0.15, 0.2) is 96.2 Å². The number of amides is 1. The molecule has 0 saturated heterocycles. The number of hydrogen-bond acceptors (Lipinski definition) is 6. The second kappa shape index (κ2) is 10.3. The summed E-state index contributed by atoms with van der Waals surface area (Å²) in [6, 6.07) is 21.4. The fraction of sp³-hybridized carbons (Fsp3) is 0.0417. The molecule has 0 aliphatic carbocycles. The van der Waals surface area contributed by atoms with Gasteiger partial charge in [0.1, 0.15) is 12.4 Å². The highest BCUT2D eigenvalue weighted by Gasteiger charge is 2.16. The zero-order valence-corrected chi connectivity index (χ0v) is 19.3. The Bertz CT molecular complexity index is 1380. The molecule has 4 aromatic rings. The lowest BCUT2D eigenvalue weighted by atomic mass is 10.2. The van der Waals surface area contributed by atoms with E-state index in [0.717, 1.165) is 5.56 Å². The van der Waals surface area contributed by atoms with Crippen LogP contribution in [0.4, 0.5) is 11.6 Å². The number of hydrogen-bond donors (Lipinski definition) is 2. The van der Waals surface area contributed by atoms with Gasteiger partial charge in [0.25, 0.3) is 15.9 Å². The van der Waals surface area contributed by atoms with Crippen LogP contribution >= 0.6 is 11.6 Å². The molecule has 3 aromatic carbocycles. The molecule has 0 fully saturated rings. The fourth-order valence-corrected chi connectivity index (χ4v) is 4.08. The molecule has 1 amide bonds. The van der Waals surface area contributed by atoms with Crippen molar-refractivity contribution >= 4 is 39.2 Å². The van der Waals surface area contributed by atoms with Crippen LogP contribution in [0.5, 0.6) is 5.75 Å². The first-order valence-electron chi connectivity index (χ1n) is 10.1. The summed E-state index contributed by atoms with van der Waals surface area (Å²) in [6.45, 7) is 0.311. The van der Waals surface area contributed by atoms with Gasteiger partial charge >= 0.3 is 0 Å². The summed E-state index contributed by atoms with van der Waals surface area (Å²) in [6.07, 6.45) is 2.86. The van der Waals surface area contributed by atoms with Crippen LogP contribution in [0.3, 0.4) is 0 Å². The quantitative estimate of drug-likeness (QED) is 0.365. The molecule has 34 heavy (non-hydrogen) atoms. The van der Waals surface area contributed by atoms with Gasteiger partial charge < -0.3 is 10.1 Å². The van der Waals surface area contributed by atoms with Crippen LogP contribution in [0.1, 0.15) is 15.9 Å². The molecule has 0 atom stereocenters. The van der Waals surface area contributed by atoms with E-state index in [2.05, 4.69) is 20.0 Å². The summed E-state index contributed by atoms with van der Waals surface area (Å²) >= 11 is 6.13. The Morgan fingerprint density at radius 2 is 1.56 bits per heavy atom. The number of nitrogens with zero attached hydrogens (tertiary/aromatic N) is 2. The van der Waals surface area contributed by atoms with Gasteiger partial charge in [0, 0.05) is 34.2 Å². The van der Waals surface area contributed by atoms with Crippen molar-refractivity contribution in [3.8, 4) is 5.75 Å². The molecule has 0 unspecified atom stereocenters. The molecular formula is C24H19ClN4O4S. The second-order valence-corrected chi connectivity index (χ2v) is 9.15. The minimum absolute atomic E-state index is 0.0120. The summed E-state index contributed by atoms with van der Waals surface area (Å²) < 4.78 is 32.9. The maximum Gasteiger partial charge on any atom is 0.264 e. The number of aromatic nitrogens is 2. The molecule has 0 spiro atoms. The van der Waals surface area contributed by atoms with Crippen molar-refractivity contribution in [3.63, 3.8) is 0 Å². The Morgan fingerprint density at radius 1 is 0.882 bits per heavy atom. The van der Waals surface area contributed by atoms with Gasteiger partial charge in [-0.2, -0.15) is 0 Å². The summed E-state index contributed by atoms with van der Waals surface area (Å²) in [5.74, 6) is 0.226. The van der Waals surface area contributed by atoms with Crippen LogP contribution in [0.25, 0.3) is 0 Å². The summed E-state index contributed by atoms with van der Waals surface area (Å²) in [5.41, 5.74) is 1.73. The van der Waals surface area contributed by atoms with Gasteiger partial charge in [-0.15, -0.1) is 0 Å². The number of halogens is 1. The van der Waals surface area contributed by atoms with Crippen LogP contribution < -0.4 is 14.8 Å². The minimum Gasteiger partial charge on any atom is -0.489 e. The number of benzene rings is 3. The number of carbonyl (C=O) groups is 1. The maximum absolute atomic E-state index is 12.6. The van der Waals surface area contributed by atoms with E-state index >= 15 is 0 Å². The van der Waals surface area contributed by atoms with E-state index in [1.807, 2.05) is 18.2 Å². The van der Waals surface area contributed by atoms with E-state index in [-0.39, 0.29) is 16.8 Å². The Kier molecular flexibility index (Phi) is 7.05. The van der Waals surface area contributed by atoms with E-state index < -0.39 is 10.0 Å². The molecule has 0 aliphatic heterocycles. The third-order valence-electron chi connectivity index (χ3n) is 4.68. The van der Waals surface area contributed by atoms with Gasteiger partial charge in [0.15, 0.2) is 0 Å². The van der Waals surface area contributed by atoms with Crippen LogP contribution in [0.2, 0.25) is 5.02 Å². The van der Waals surface area contributed by atoms with E-state index in [0.29, 0.717) is 28.6 Å². The Labute approximate surface area is 201 Å². The molecule has 4 rings (SSSR count). The zero-order valence-electron chi connectivity index (χ0n) is 17.7. The SMILES string of the molecule is O=C(Nc1ccc(S(=O)(=O)Nc2ncccn2)cc1)c1ccc(OCc2ccccc2Cl)cc1. The Hall–Kier alpha value is -3.95. The van der Waals surface area contributed by atoms with Gasteiger partial charge in [-0.25, -0.2) is 23.1 Å². The van der Waals surface area contributed by atoms with E-state index in [1.165, 1.54) is 36.7 Å². The van der Waals surface area contributed by atoms with E-state index in [4.69, 9.17) is 16.3 Å². The first-order chi connectivity index (χ1) is 16.4. The van der Waals surface area contributed by atoms with Crippen LogP contribution in [-0.2, 0) is 16.6 Å². The van der Waals surface area contributed by atoms with E-state index in [9.17, 15) is 13.2 Å². The van der Waals surface area contributed by atoms with Gasteiger partial charge in [0.2, 0.25) is 5.95 Å². The standard InChI is InChI=1S/C24H19ClN4O4S/c25-22-5-2-1-4-18(22)16-33-20-10-6-17(7-11-20)23(30)28-19-8-12-21(13-9-19)34(31,32)29-24-26-14-3-15-27-24/h1-15H,16H2,(H,28,30)(H,26,27,29). The fourth-order valence-electron chi connectivity index (χ4n) is 2.93. The van der Waals surface area contributed by atoms with Crippen molar-refractivity contribution in [2.75, 3.05) is 10.0 Å². The largest absolute Gasteiger partial charge is 0.489 e. The first kappa shape index (κ1) is 23.2. The van der Waals surface area contributed by atoms with Crippen LogP contribution in [0, 0.1) is 0 Å². The average molecular weight is 495 g/mol. The molecule has 0 saturated carbocycles. The smallest absolute Gasteiger partial charge is 0.264 e. The molecule has 1 heterocycles. The van der Waals surface area contributed by atoms with Gasteiger partial charge in [0.05, 0.1) is 4.90 Å². The number of nitrogens with one attached hydrogen (secondary N) is 2. The molecular weight excluding hydrogens is 476 g/mol. The van der Waals surface area contributed by atoms with Gasteiger partial charge in [-0.05, 0) is 60.7 Å². The molecule has 0 radical (unpaired) electrons. The van der Waals surface area contributed by atoms with Crippen molar-refractivity contribution in [2.45, 2.75) is 11.5 Å². The third-order valence-corrected chi connectivity index (χ3v) is 6.40. The third kappa shape index (κ3) is 5.89. The minimum atomic E-state index is -3.85. The number of sulfonamides is 1. The molecule has 0 aliphatic rings. The molecule has 1 aromatic heterocycles. The van der Waals surface area contributed by atoms with Crippen molar-refractivity contribution in [1.29, 1.82) is 0 Å². The van der Waals surface area contributed by atoms with Crippen molar-refractivity contribution < 1.29 is 17.9 Å². The predicted octanol–water partition coefficient (Wildman–Crippen LogP) is 4.76. The van der Waals surface area contributed by atoms with Crippen molar-refractivity contribution in [2.24, 2.45) is 0 Å². The molecule has 0 bridgehead atoms. The number of ether oxygens (including phenoxy) is 1. The lowest BCUT2D eigenvalue weighted by Gasteiger charge is -2.10. The zero-order chi connectivity index (χ0) is 24.0. The first-order valence-corrected chi connectivity index (χ1v) is 11.9. The van der Waals surface area contributed by atoms with Gasteiger partial charge in [-0.3, -0.25) is 4.79 Å². The summed E-state index contributed by atoms with van der Waals surface area (Å²) in [7, 11) is -3.85. The normalized spacial score (nSPS) is 11.0. The number of rotatable bonds is 8. The topological polar surface area (TPSA) is 110 Å².